The van der Waals surface area contributed by atoms with Gasteiger partial charge in [0.25, 0.3) is 0 Å². The van der Waals surface area contributed by atoms with Crippen LogP contribution in [0.2, 0.25) is 10.0 Å². The van der Waals surface area contributed by atoms with Crippen LogP contribution in [0.25, 0.3) is 22.2 Å². The molecule has 4 rings (SSSR count). The zero-order valence-electron chi connectivity index (χ0n) is 14.2. The number of nitrogens with two attached hydrogens (primary N) is 2. The summed E-state index contributed by atoms with van der Waals surface area (Å²) in [6.45, 7) is 1.12. The summed E-state index contributed by atoms with van der Waals surface area (Å²) in [5.74, 6) is 0.231. The monoisotopic (exact) mass is 402 g/mol. The minimum Gasteiger partial charge on any atom is -0.369 e. The van der Waals surface area contributed by atoms with Crippen LogP contribution in [0.1, 0.15) is 6.42 Å². The lowest BCUT2D eigenvalue weighted by molar-refractivity contribution is -0.121. The van der Waals surface area contributed by atoms with Crippen molar-refractivity contribution in [3.63, 3.8) is 0 Å². The fraction of sp³-hybridized carbons (Fsp3) is 0.222. The van der Waals surface area contributed by atoms with Crippen molar-refractivity contribution in [1.29, 1.82) is 0 Å². The van der Waals surface area contributed by atoms with E-state index in [0.717, 1.165) is 5.56 Å². The van der Waals surface area contributed by atoms with Gasteiger partial charge >= 0.3 is 0 Å². The van der Waals surface area contributed by atoms with Gasteiger partial charge in [-0.05, 0) is 24.6 Å². The number of primary amides is 1. The summed E-state index contributed by atoms with van der Waals surface area (Å²) in [4.78, 5) is 26.5. The quantitative estimate of drug-likeness (QED) is 0.696. The van der Waals surface area contributed by atoms with Crippen LogP contribution in [-0.2, 0) is 4.79 Å². The van der Waals surface area contributed by atoms with Crippen LogP contribution in [0.5, 0.6) is 0 Å². The summed E-state index contributed by atoms with van der Waals surface area (Å²) < 4.78 is 0. The number of benzene rings is 1. The summed E-state index contributed by atoms with van der Waals surface area (Å²) >= 11 is 12.9. The van der Waals surface area contributed by atoms with Gasteiger partial charge < -0.3 is 16.4 Å². The molecular weight excluding hydrogens is 387 g/mol. The van der Waals surface area contributed by atoms with E-state index in [4.69, 9.17) is 39.7 Å². The highest BCUT2D eigenvalue weighted by Gasteiger charge is 2.30. The Bertz CT molecular complexity index is 1040. The molecule has 1 aliphatic heterocycles. The molecule has 0 aliphatic carbocycles. The van der Waals surface area contributed by atoms with Crippen LogP contribution in [0.3, 0.4) is 0 Å². The molecule has 138 valence electrons. The molecule has 1 saturated heterocycles. The molecule has 0 spiro atoms. The molecule has 3 heterocycles. The Morgan fingerprint density at radius 2 is 1.96 bits per heavy atom. The van der Waals surface area contributed by atoms with Crippen LogP contribution in [-0.4, -0.2) is 33.9 Å². The maximum atomic E-state index is 11.6. The van der Waals surface area contributed by atoms with Crippen molar-refractivity contribution in [3.05, 3.63) is 40.5 Å². The smallest absolute Gasteiger partial charge is 0.222 e. The van der Waals surface area contributed by atoms with E-state index in [1.54, 1.807) is 24.4 Å². The zero-order valence-corrected chi connectivity index (χ0v) is 15.7. The number of nitrogen functional groups attached to an aromatic ring is 1. The normalized spacial score (nSPS) is 16.8. The van der Waals surface area contributed by atoms with E-state index in [9.17, 15) is 4.79 Å². The Morgan fingerprint density at radius 1 is 1.22 bits per heavy atom. The maximum absolute atomic E-state index is 11.6. The topological polar surface area (TPSA) is 111 Å². The number of aromatic nitrogens is 3. The van der Waals surface area contributed by atoms with Gasteiger partial charge in [0, 0.05) is 35.8 Å². The second-order valence-corrected chi connectivity index (χ2v) is 7.25. The van der Waals surface area contributed by atoms with Gasteiger partial charge in [-0.1, -0.05) is 29.3 Å². The Morgan fingerprint density at radius 3 is 2.63 bits per heavy atom. The molecule has 9 heteroatoms. The summed E-state index contributed by atoms with van der Waals surface area (Å²) in [5.41, 5.74) is 13.1. The van der Waals surface area contributed by atoms with Gasteiger partial charge in [-0.3, -0.25) is 4.79 Å². The Labute approximate surface area is 165 Å². The number of hydrogen-bond acceptors (Lipinski definition) is 6. The fourth-order valence-corrected chi connectivity index (χ4v) is 3.93. The molecule has 0 saturated carbocycles. The summed E-state index contributed by atoms with van der Waals surface area (Å²) in [6, 6.07) is 7.21. The van der Waals surface area contributed by atoms with Crippen molar-refractivity contribution in [1.82, 2.24) is 15.0 Å². The first-order valence-corrected chi connectivity index (χ1v) is 9.11. The third-order valence-corrected chi connectivity index (χ3v) is 5.32. The highest BCUT2D eigenvalue weighted by molar-refractivity contribution is 6.39. The number of carbonyl (C=O) groups excluding carboxylic acids is 1. The van der Waals surface area contributed by atoms with E-state index >= 15 is 0 Å². The standard InChI is InChI=1S/C18H16Cl2N6O/c19-12-2-1-3-13(20)14(12)11-6-10-7-23-18(22)25-16(10)24-17(11)26-5-4-9(8-26)15(21)27/h1-3,6-7,9H,4-5,8H2,(H2,21,27)(H2,22,23,24,25). The van der Waals surface area contributed by atoms with E-state index in [1.807, 2.05) is 11.0 Å². The van der Waals surface area contributed by atoms with Crippen molar-refractivity contribution in [2.24, 2.45) is 11.7 Å². The molecule has 1 aromatic carbocycles. The van der Waals surface area contributed by atoms with Crippen LogP contribution < -0.4 is 16.4 Å². The minimum atomic E-state index is -0.317. The SMILES string of the molecule is NC(=O)C1CCN(c2nc3nc(N)ncc3cc2-c2c(Cl)cccc2Cl)C1. The van der Waals surface area contributed by atoms with E-state index in [1.165, 1.54) is 0 Å². The van der Waals surface area contributed by atoms with E-state index in [2.05, 4.69) is 9.97 Å². The van der Waals surface area contributed by atoms with Gasteiger partial charge in [0.15, 0.2) is 5.65 Å². The second kappa shape index (κ2) is 6.83. The molecule has 0 radical (unpaired) electrons. The predicted octanol–water partition coefficient (Wildman–Crippen LogP) is 2.89. The molecule has 4 N–H and O–H groups in total. The second-order valence-electron chi connectivity index (χ2n) is 6.43. The number of hydrogen-bond donors (Lipinski definition) is 2. The molecule has 7 nitrogen and oxygen atoms in total. The van der Waals surface area contributed by atoms with Crippen molar-refractivity contribution in [2.45, 2.75) is 6.42 Å². The Balaban J connectivity index is 1.93. The molecule has 1 aliphatic rings. The van der Waals surface area contributed by atoms with Gasteiger partial charge in [-0.15, -0.1) is 0 Å². The summed E-state index contributed by atoms with van der Waals surface area (Å²) in [7, 11) is 0. The lowest BCUT2D eigenvalue weighted by atomic mass is 10.0. The maximum Gasteiger partial charge on any atom is 0.222 e. The number of fused-ring (bicyclic) bond motifs is 1. The lowest BCUT2D eigenvalue weighted by Gasteiger charge is -2.22. The van der Waals surface area contributed by atoms with Crippen molar-refractivity contribution in [2.75, 3.05) is 23.7 Å². The van der Waals surface area contributed by atoms with Crippen LogP contribution in [0, 0.1) is 5.92 Å². The highest BCUT2D eigenvalue weighted by atomic mass is 35.5. The minimum absolute atomic E-state index is 0.140. The third-order valence-electron chi connectivity index (χ3n) is 4.69. The number of halogens is 2. The third kappa shape index (κ3) is 3.24. The molecule has 3 aromatic rings. The van der Waals surface area contributed by atoms with Crippen molar-refractivity contribution < 1.29 is 4.79 Å². The molecule has 0 bridgehead atoms. The van der Waals surface area contributed by atoms with Crippen LogP contribution in [0.15, 0.2) is 30.5 Å². The highest BCUT2D eigenvalue weighted by Crippen LogP contribution is 2.41. The Kier molecular flexibility index (Phi) is 4.49. The first-order valence-electron chi connectivity index (χ1n) is 8.36. The predicted molar refractivity (Wildman–Crippen MR) is 107 cm³/mol. The average molecular weight is 403 g/mol. The lowest BCUT2D eigenvalue weighted by Crippen LogP contribution is -2.28. The van der Waals surface area contributed by atoms with E-state index in [0.29, 0.717) is 52.0 Å². The van der Waals surface area contributed by atoms with Crippen LogP contribution in [0.4, 0.5) is 11.8 Å². The summed E-state index contributed by atoms with van der Waals surface area (Å²) in [5, 5.41) is 1.73. The van der Waals surface area contributed by atoms with Crippen molar-refractivity contribution in [3.8, 4) is 11.1 Å². The number of anilines is 2. The molecule has 1 unspecified atom stereocenters. The largest absolute Gasteiger partial charge is 0.369 e. The Hall–Kier alpha value is -2.64. The fourth-order valence-electron chi connectivity index (χ4n) is 3.33. The average Bonchev–Trinajstić information content (AvgIpc) is 3.11. The van der Waals surface area contributed by atoms with Gasteiger partial charge in [0.1, 0.15) is 5.82 Å². The van der Waals surface area contributed by atoms with Crippen molar-refractivity contribution >= 4 is 51.9 Å². The van der Waals surface area contributed by atoms with Gasteiger partial charge in [0.2, 0.25) is 11.9 Å². The van der Waals surface area contributed by atoms with Crippen LogP contribution >= 0.6 is 23.2 Å². The van der Waals surface area contributed by atoms with E-state index < -0.39 is 0 Å². The molecular formula is C18H16Cl2N6O. The first-order chi connectivity index (χ1) is 12.9. The molecule has 1 atom stereocenters. The molecule has 27 heavy (non-hydrogen) atoms. The summed E-state index contributed by atoms with van der Waals surface area (Å²) in [6.07, 6.45) is 2.27. The van der Waals surface area contributed by atoms with Gasteiger partial charge in [-0.25, -0.2) is 9.97 Å². The number of pyridine rings is 1. The number of nitrogens with zero attached hydrogens (tertiary/aromatic N) is 4. The van der Waals surface area contributed by atoms with Gasteiger partial charge in [-0.2, -0.15) is 4.98 Å². The number of amides is 1. The van der Waals surface area contributed by atoms with Gasteiger partial charge in [0.05, 0.1) is 16.0 Å². The van der Waals surface area contributed by atoms with E-state index in [-0.39, 0.29) is 17.8 Å². The number of carbonyl (C=O) groups is 1. The molecule has 1 fully saturated rings. The molecule has 1 amide bonds. The zero-order chi connectivity index (χ0) is 19.1. The first kappa shape index (κ1) is 17.8. The number of rotatable bonds is 3. The molecule has 2 aromatic heterocycles.